The van der Waals surface area contributed by atoms with E-state index in [1.165, 1.54) is 12.4 Å². The molecule has 10 heteroatoms. The van der Waals surface area contributed by atoms with Gasteiger partial charge in [-0.3, -0.25) is 18.4 Å². The van der Waals surface area contributed by atoms with Crippen molar-refractivity contribution < 1.29 is 19.1 Å². The van der Waals surface area contributed by atoms with Gasteiger partial charge in [-0.1, -0.05) is 0 Å². The highest BCUT2D eigenvalue weighted by atomic mass is 16.5. The van der Waals surface area contributed by atoms with E-state index in [0.29, 0.717) is 65.2 Å². The van der Waals surface area contributed by atoms with Gasteiger partial charge in [-0.05, 0) is 60.7 Å². The summed E-state index contributed by atoms with van der Waals surface area (Å²) in [7, 11) is 0. The number of nitrogens with zero attached hydrogens (tertiary/aromatic N) is 6. The number of imidazole rings is 2. The van der Waals surface area contributed by atoms with E-state index in [2.05, 4.69) is 19.9 Å². The molecule has 0 amide bonds. The van der Waals surface area contributed by atoms with Gasteiger partial charge in [-0.15, -0.1) is 0 Å². The van der Waals surface area contributed by atoms with Crippen LogP contribution in [0.2, 0.25) is 0 Å². The van der Waals surface area contributed by atoms with Crippen molar-refractivity contribution in [3.63, 3.8) is 0 Å². The molecule has 0 radical (unpaired) electrons. The molecule has 2 aromatic carbocycles. The summed E-state index contributed by atoms with van der Waals surface area (Å²) in [6, 6.07) is 17.5. The standard InChI is InChI=1S/C29H22N6O4/c36-26(24-18-32-28-30-12-1-14-34(24)28)20-4-8-22(9-5-20)38-16-3-17-39-23-10-6-21(7-11-23)27(37)25-19-33-29-31-13-2-15-35(25)29/h1-2,4-15,18-19H,3,16-17H2. The first kappa shape index (κ1) is 24.0. The van der Waals surface area contributed by atoms with Gasteiger partial charge in [0.1, 0.15) is 22.9 Å². The molecule has 10 nitrogen and oxygen atoms in total. The number of rotatable bonds is 10. The van der Waals surface area contributed by atoms with E-state index >= 15 is 0 Å². The van der Waals surface area contributed by atoms with Crippen LogP contribution in [0.1, 0.15) is 38.5 Å². The minimum Gasteiger partial charge on any atom is -0.493 e. The van der Waals surface area contributed by atoms with Gasteiger partial charge < -0.3 is 9.47 Å². The third-order valence-electron chi connectivity index (χ3n) is 6.10. The van der Waals surface area contributed by atoms with Gasteiger partial charge in [0, 0.05) is 42.3 Å². The monoisotopic (exact) mass is 518 g/mol. The molecule has 0 saturated heterocycles. The molecule has 4 heterocycles. The molecule has 0 N–H and O–H groups in total. The van der Waals surface area contributed by atoms with Crippen LogP contribution in [0, 0.1) is 0 Å². The molecular weight excluding hydrogens is 496 g/mol. The van der Waals surface area contributed by atoms with E-state index in [4.69, 9.17) is 9.47 Å². The Morgan fingerprint density at radius 1 is 0.615 bits per heavy atom. The van der Waals surface area contributed by atoms with Gasteiger partial charge in [0.15, 0.2) is 0 Å². The summed E-state index contributed by atoms with van der Waals surface area (Å²) in [4.78, 5) is 42.4. The Bertz CT molecular complexity index is 1640. The van der Waals surface area contributed by atoms with Gasteiger partial charge in [0.05, 0.1) is 25.6 Å². The number of carbonyl (C=O) groups is 2. The van der Waals surface area contributed by atoms with Gasteiger partial charge >= 0.3 is 0 Å². The Balaban J connectivity index is 0.975. The molecule has 192 valence electrons. The summed E-state index contributed by atoms with van der Waals surface area (Å²) in [5.74, 6) is 2.01. The number of benzene rings is 2. The normalized spacial score (nSPS) is 11.1. The van der Waals surface area contributed by atoms with Gasteiger partial charge in [-0.2, -0.15) is 0 Å². The van der Waals surface area contributed by atoms with Crippen molar-refractivity contribution in [3.05, 3.63) is 120 Å². The molecule has 0 aliphatic heterocycles. The van der Waals surface area contributed by atoms with E-state index in [9.17, 15) is 9.59 Å². The molecule has 0 atom stereocenters. The molecule has 0 aliphatic carbocycles. The first-order chi connectivity index (χ1) is 19.2. The molecule has 4 aromatic heterocycles. The van der Waals surface area contributed by atoms with Crippen molar-refractivity contribution in [2.24, 2.45) is 0 Å². The molecular formula is C29H22N6O4. The van der Waals surface area contributed by atoms with Crippen LogP contribution in [0.5, 0.6) is 11.5 Å². The highest BCUT2D eigenvalue weighted by Crippen LogP contribution is 2.18. The Kier molecular flexibility index (Phi) is 6.48. The average molecular weight is 519 g/mol. The Morgan fingerprint density at radius 3 is 1.49 bits per heavy atom. The first-order valence-corrected chi connectivity index (χ1v) is 12.3. The van der Waals surface area contributed by atoms with Crippen LogP contribution in [0.15, 0.2) is 97.8 Å². The SMILES string of the molecule is O=C(c1ccc(OCCCOc2ccc(C(=O)c3cnc4ncccn34)cc2)cc1)c1cnc2ncccn12. The maximum absolute atomic E-state index is 12.9. The van der Waals surface area contributed by atoms with E-state index < -0.39 is 0 Å². The summed E-state index contributed by atoms with van der Waals surface area (Å²) in [5, 5.41) is 0. The predicted octanol–water partition coefficient (Wildman–Crippen LogP) is 4.08. The lowest BCUT2D eigenvalue weighted by molar-refractivity contribution is 0.102. The van der Waals surface area contributed by atoms with Crippen LogP contribution < -0.4 is 9.47 Å². The lowest BCUT2D eigenvalue weighted by atomic mass is 10.1. The third kappa shape index (κ3) is 4.95. The molecule has 0 fully saturated rings. The van der Waals surface area contributed by atoms with Crippen LogP contribution in [-0.2, 0) is 0 Å². The quantitative estimate of drug-likeness (QED) is 0.197. The highest BCUT2D eigenvalue weighted by molar-refractivity contribution is 6.08. The summed E-state index contributed by atoms with van der Waals surface area (Å²) in [5.41, 5.74) is 1.98. The van der Waals surface area contributed by atoms with Crippen LogP contribution in [0.4, 0.5) is 0 Å². The number of ether oxygens (including phenoxy) is 2. The largest absolute Gasteiger partial charge is 0.493 e. The fourth-order valence-corrected chi connectivity index (χ4v) is 4.13. The van der Waals surface area contributed by atoms with Crippen LogP contribution in [0.25, 0.3) is 11.6 Å². The van der Waals surface area contributed by atoms with Crippen molar-refractivity contribution >= 4 is 23.1 Å². The minimum absolute atomic E-state index is 0.140. The second-order valence-electron chi connectivity index (χ2n) is 8.62. The molecule has 0 aliphatic rings. The van der Waals surface area contributed by atoms with E-state index in [-0.39, 0.29) is 11.6 Å². The minimum atomic E-state index is -0.140. The fraction of sp³-hybridized carbons (Fsp3) is 0.103. The molecule has 0 unspecified atom stereocenters. The summed E-state index contributed by atoms with van der Waals surface area (Å²) >= 11 is 0. The van der Waals surface area contributed by atoms with Crippen molar-refractivity contribution in [3.8, 4) is 11.5 Å². The number of fused-ring (bicyclic) bond motifs is 2. The van der Waals surface area contributed by atoms with Gasteiger partial charge in [0.2, 0.25) is 23.1 Å². The van der Waals surface area contributed by atoms with Crippen LogP contribution in [-0.4, -0.2) is 53.5 Å². The van der Waals surface area contributed by atoms with Crippen molar-refractivity contribution in [2.75, 3.05) is 13.2 Å². The number of ketones is 2. The Hall–Kier alpha value is -5.38. The van der Waals surface area contributed by atoms with Crippen molar-refractivity contribution in [1.82, 2.24) is 28.7 Å². The number of hydrogen-bond donors (Lipinski definition) is 0. The number of aromatic nitrogens is 6. The topological polar surface area (TPSA) is 113 Å². The fourth-order valence-electron chi connectivity index (χ4n) is 4.13. The molecule has 0 spiro atoms. The summed E-state index contributed by atoms with van der Waals surface area (Å²) in [6.07, 6.45) is 10.5. The lowest BCUT2D eigenvalue weighted by Gasteiger charge is -2.09. The van der Waals surface area contributed by atoms with E-state index in [0.717, 1.165) is 0 Å². The summed E-state index contributed by atoms with van der Waals surface area (Å²) < 4.78 is 14.9. The molecule has 39 heavy (non-hydrogen) atoms. The van der Waals surface area contributed by atoms with Crippen LogP contribution in [0.3, 0.4) is 0 Å². The van der Waals surface area contributed by atoms with Crippen molar-refractivity contribution in [2.45, 2.75) is 6.42 Å². The molecule has 6 aromatic rings. The zero-order valence-electron chi connectivity index (χ0n) is 20.7. The average Bonchev–Trinajstić information content (AvgIpc) is 3.62. The Labute approximate surface area is 222 Å². The molecule has 0 bridgehead atoms. The van der Waals surface area contributed by atoms with E-state index in [1.54, 1.807) is 94.3 Å². The predicted molar refractivity (Wildman–Crippen MR) is 141 cm³/mol. The number of hydrogen-bond acceptors (Lipinski definition) is 8. The van der Waals surface area contributed by atoms with Gasteiger partial charge in [-0.25, -0.2) is 19.9 Å². The molecule has 6 rings (SSSR count). The smallest absolute Gasteiger partial charge is 0.234 e. The third-order valence-corrected chi connectivity index (χ3v) is 6.10. The first-order valence-electron chi connectivity index (χ1n) is 12.3. The zero-order valence-corrected chi connectivity index (χ0v) is 20.7. The zero-order chi connectivity index (χ0) is 26.6. The maximum Gasteiger partial charge on any atom is 0.234 e. The molecule has 0 saturated carbocycles. The van der Waals surface area contributed by atoms with E-state index in [1.807, 2.05) is 0 Å². The summed E-state index contributed by atoms with van der Waals surface area (Å²) in [6.45, 7) is 0.899. The van der Waals surface area contributed by atoms with Gasteiger partial charge in [0.25, 0.3) is 0 Å². The maximum atomic E-state index is 12.9. The Morgan fingerprint density at radius 2 is 1.05 bits per heavy atom. The second kappa shape index (κ2) is 10.5. The number of carbonyl (C=O) groups excluding carboxylic acids is 2. The lowest BCUT2D eigenvalue weighted by Crippen LogP contribution is -2.07. The van der Waals surface area contributed by atoms with Crippen molar-refractivity contribution in [1.29, 1.82) is 0 Å². The second-order valence-corrected chi connectivity index (χ2v) is 8.62. The highest BCUT2D eigenvalue weighted by Gasteiger charge is 2.16. The van der Waals surface area contributed by atoms with Crippen LogP contribution >= 0.6 is 0 Å².